The molecule has 0 radical (unpaired) electrons. The van der Waals surface area contributed by atoms with Gasteiger partial charge >= 0.3 is 0 Å². The number of hydrogen-bond donors (Lipinski definition) is 0. The fourth-order valence-corrected chi connectivity index (χ4v) is 13.4. The van der Waals surface area contributed by atoms with Gasteiger partial charge in [-0.25, -0.2) is 0 Å². The minimum absolute atomic E-state index is 0.00768. The first-order chi connectivity index (χ1) is 35.2. The highest BCUT2D eigenvalue weighted by Crippen LogP contribution is 2.52. The molecular weight excluding hydrogens is 900 g/mol. The van der Waals surface area contributed by atoms with Crippen molar-refractivity contribution in [2.75, 3.05) is 9.80 Å². The molecule has 0 unspecified atom stereocenters. The summed E-state index contributed by atoms with van der Waals surface area (Å²) >= 11 is 1.98. The summed E-state index contributed by atoms with van der Waals surface area (Å²) in [6.45, 7) is 21.2. The summed E-state index contributed by atoms with van der Waals surface area (Å²) < 4.78 is 2.72. The van der Waals surface area contributed by atoms with Crippen LogP contribution < -0.4 is 25.5 Å². The van der Waals surface area contributed by atoms with E-state index in [-0.39, 0.29) is 23.0 Å². The summed E-state index contributed by atoms with van der Waals surface area (Å²) in [5.41, 5.74) is 18.9. The van der Waals surface area contributed by atoms with Crippen molar-refractivity contribution < 1.29 is 0 Å². The number of thiophene rings is 1. The molecule has 0 N–H and O–H groups in total. The Morgan fingerprint density at radius 1 is 0.397 bits per heavy atom. The van der Waals surface area contributed by atoms with E-state index in [0.29, 0.717) is 0 Å². The lowest BCUT2D eigenvalue weighted by atomic mass is 9.36. The highest BCUT2D eigenvalue weighted by molar-refractivity contribution is 7.33. The molecule has 356 valence electrons. The van der Waals surface area contributed by atoms with Crippen molar-refractivity contribution in [3.8, 4) is 22.3 Å². The Labute approximate surface area is 435 Å². The van der Waals surface area contributed by atoms with Crippen LogP contribution in [0.25, 0.3) is 64.7 Å². The van der Waals surface area contributed by atoms with Gasteiger partial charge in [0.25, 0.3) is 6.71 Å². The minimum Gasteiger partial charge on any atom is -0.311 e. The van der Waals surface area contributed by atoms with E-state index in [9.17, 15) is 0 Å². The van der Waals surface area contributed by atoms with Crippen molar-refractivity contribution in [1.82, 2.24) is 0 Å². The van der Waals surface area contributed by atoms with Crippen LogP contribution in [0.15, 0.2) is 194 Å². The molecule has 2 aliphatic heterocycles. The predicted octanol–water partition coefficient (Wildman–Crippen LogP) is 18.1. The van der Waals surface area contributed by atoms with Crippen LogP contribution in [0.5, 0.6) is 0 Å². The maximum absolute atomic E-state index is 2.64. The van der Waals surface area contributed by atoms with E-state index in [1.54, 1.807) is 0 Å². The number of nitrogens with zero attached hydrogens (tertiary/aromatic N) is 2. The average Bonchev–Trinajstić information content (AvgIpc) is 3.80. The minimum atomic E-state index is -0.0679. The Morgan fingerprint density at radius 3 is 1.63 bits per heavy atom. The third-order valence-corrected chi connectivity index (χ3v) is 17.7. The largest absolute Gasteiger partial charge is 0.311 e. The Hall–Kier alpha value is -7.40. The molecule has 0 atom stereocenters. The van der Waals surface area contributed by atoms with Gasteiger partial charge in [-0.15, -0.1) is 11.3 Å². The van der Waals surface area contributed by atoms with Crippen LogP contribution in [0.3, 0.4) is 0 Å². The first-order valence-corrected chi connectivity index (χ1v) is 27.1. The van der Waals surface area contributed by atoms with E-state index in [1.807, 2.05) is 11.3 Å². The second kappa shape index (κ2) is 16.6. The predicted molar refractivity (Wildman–Crippen MR) is 320 cm³/mol. The molecule has 13 rings (SSSR count). The van der Waals surface area contributed by atoms with Gasteiger partial charge in [0.1, 0.15) is 0 Å². The summed E-state index contributed by atoms with van der Waals surface area (Å²) in [5, 5.41) is 9.04. The zero-order chi connectivity index (χ0) is 50.1. The normalized spacial score (nSPS) is 13.5. The fraction of sp³-hybridized carbons (Fsp3) is 0.188. The topological polar surface area (TPSA) is 6.48 Å². The van der Waals surface area contributed by atoms with Crippen molar-refractivity contribution in [1.29, 1.82) is 0 Å². The van der Waals surface area contributed by atoms with Crippen molar-refractivity contribution in [3.63, 3.8) is 0 Å². The lowest BCUT2D eigenvalue weighted by Crippen LogP contribution is -2.60. The van der Waals surface area contributed by atoms with Gasteiger partial charge in [0.05, 0.1) is 17.1 Å². The lowest BCUT2D eigenvalue weighted by Gasteiger charge is -2.44. The van der Waals surface area contributed by atoms with E-state index in [2.05, 4.69) is 266 Å². The second-order valence-electron chi connectivity index (χ2n) is 23.3. The second-order valence-corrected chi connectivity index (χ2v) is 24.4. The number of anilines is 6. The number of rotatable bonds is 6. The van der Waals surface area contributed by atoms with Crippen LogP contribution in [0.2, 0.25) is 0 Å². The van der Waals surface area contributed by atoms with Crippen LogP contribution in [-0.2, 0) is 16.2 Å². The van der Waals surface area contributed by atoms with Crippen molar-refractivity contribution in [2.45, 2.75) is 85.0 Å². The third-order valence-electron chi connectivity index (χ3n) is 16.5. The molecule has 4 heteroatoms. The molecule has 10 aromatic carbocycles. The zero-order valence-corrected chi connectivity index (χ0v) is 44.4. The van der Waals surface area contributed by atoms with Gasteiger partial charge in [0, 0.05) is 43.1 Å². The maximum Gasteiger partial charge on any atom is 0.264 e. The van der Waals surface area contributed by atoms with Gasteiger partial charge in [-0.05, 0) is 148 Å². The summed E-state index contributed by atoms with van der Waals surface area (Å²) in [4.78, 5) is 5.28. The van der Waals surface area contributed by atoms with Gasteiger partial charge in [-0.3, -0.25) is 0 Å². The Morgan fingerprint density at radius 2 is 0.945 bits per heavy atom. The maximum atomic E-state index is 2.64. The molecule has 0 saturated carbocycles. The SMILES string of the molecule is CCC(C)(C)c1ccc2c(c1)B1c3sc4ccc(C(C)(C)C)cc4c3N(c3ccccc3-c3ccccc3)c3cccc(c31)N2c1ccc(C(C)(C)C)cc1-c1ccc2c3ccccc3c3ccccc3c2c1. The molecule has 2 aliphatic rings. The monoisotopic (exact) mass is 960 g/mol. The van der Waals surface area contributed by atoms with Gasteiger partial charge in [0.2, 0.25) is 0 Å². The first kappa shape index (κ1) is 45.5. The van der Waals surface area contributed by atoms with Crippen LogP contribution in [-0.4, -0.2) is 6.71 Å². The molecule has 3 heterocycles. The average molecular weight is 961 g/mol. The van der Waals surface area contributed by atoms with E-state index in [0.717, 1.165) is 6.42 Å². The number of hydrogen-bond acceptors (Lipinski definition) is 3. The molecule has 0 bridgehead atoms. The summed E-state index contributed by atoms with van der Waals surface area (Å²) in [6.07, 6.45) is 1.04. The number of para-hydroxylation sites is 1. The fourth-order valence-electron chi connectivity index (χ4n) is 12.1. The molecule has 0 saturated heterocycles. The standard InChI is InChI=1S/C69H61BN2S/c1-10-69(8,9)47-33-37-60-57(42-47)70-64-61(71(60)59-36-32-45(67(2,3)4)40-54(59)44-31-35-53-51-26-15-14-24-49(51)50-25-16-17-27-52(50)55(53)39-44)29-20-30-62(64)72(58-28-19-18-23-48(58)43-21-12-11-13-22-43)65-56-41-46(68(5,6)7)34-38-63(56)73-66(65)70/h11-42H,10H2,1-9H3. The molecule has 11 aromatic rings. The molecule has 1 aromatic heterocycles. The van der Waals surface area contributed by atoms with Crippen molar-refractivity contribution in [3.05, 3.63) is 211 Å². The van der Waals surface area contributed by atoms with Crippen molar-refractivity contribution in [2.24, 2.45) is 0 Å². The lowest BCUT2D eigenvalue weighted by molar-refractivity contribution is 0.506. The van der Waals surface area contributed by atoms with E-state index < -0.39 is 0 Å². The van der Waals surface area contributed by atoms with Crippen LogP contribution in [0, 0.1) is 0 Å². The molecule has 73 heavy (non-hydrogen) atoms. The van der Waals surface area contributed by atoms with Gasteiger partial charge < -0.3 is 9.80 Å². The van der Waals surface area contributed by atoms with Gasteiger partial charge in [-0.2, -0.15) is 0 Å². The smallest absolute Gasteiger partial charge is 0.264 e. The molecular formula is C69H61BN2S. The summed E-state index contributed by atoms with van der Waals surface area (Å²) in [5.74, 6) is 0. The Kier molecular flexibility index (Phi) is 10.3. The van der Waals surface area contributed by atoms with Crippen LogP contribution in [0.4, 0.5) is 34.1 Å². The quantitative estimate of drug-likeness (QED) is 0.121. The molecule has 0 fully saturated rings. The summed E-state index contributed by atoms with van der Waals surface area (Å²) in [6, 6.07) is 74.3. The van der Waals surface area contributed by atoms with Gasteiger partial charge in [0.15, 0.2) is 0 Å². The third kappa shape index (κ3) is 7.12. The summed E-state index contributed by atoms with van der Waals surface area (Å²) in [7, 11) is 0. The Bertz CT molecular complexity index is 4000. The zero-order valence-electron chi connectivity index (χ0n) is 43.6. The molecule has 0 spiro atoms. The van der Waals surface area contributed by atoms with Crippen LogP contribution in [0.1, 0.15) is 85.4 Å². The van der Waals surface area contributed by atoms with Crippen molar-refractivity contribution >= 4 is 110 Å². The number of benzene rings is 10. The van der Waals surface area contributed by atoms with E-state index in [4.69, 9.17) is 0 Å². The van der Waals surface area contributed by atoms with E-state index in [1.165, 1.54) is 131 Å². The first-order valence-electron chi connectivity index (χ1n) is 26.3. The molecule has 0 aliphatic carbocycles. The Balaban J connectivity index is 1.13. The van der Waals surface area contributed by atoms with Gasteiger partial charge in [-0.1, -0.05) is 202 Å². The van der Waals surface area contributed by atoms with Crippen LogP contribution >= 0.6 is 11.3 Å². The molecule has 0 amide bonds. The highest BCUT2D eigenvalue weighted by atomic mass is 32.1. The molecule has 2 nitrogen and oxygen atoms in total. The highest BCUT2D eigenvalue weighted by Gasteiger charge is 2.46. The van der Waals surface area contributed by atoms with E-state index >= 15 is 0 Å². The number of fused-ring (bicyclic) bond motifs is 12.